The molecule has 0 aromatic heterocycles. The van der Waals surface area contributed by atoms with Gasteiger partial charge in [-0.15, -0.1) is 0 Å². The summed E-state index contributed by atoms with van der Waals surface area (Å²) in [5.74, 6) is 0. The third-order valence-corrected chi connectivity index (χ3v) is 2.19. The number of hydrogen-bond donors (Lipinski definition) is 1. The van der Waals surface area contributed by atoms with Crippen molar-refractivity contribution in [1.29, 1.82) is 0 Å². The van der Waals surface area contributed by atoms with Crippen molar-refractivity contribution in [2.24, 2.45) is 5.10 Å². The van der Waals surface area contributed by atoms with Crippen molar-refractivity contribution in [2.45, 2.75) is 33.3 Å². The second-order valence-corrected chi connectivity index (χ2v) is 5.26. The highest BCUT2D eigenvalue weighted by molar-refractivity contribution is 6.31. The average molecular weight is 269 g/mol. The zero-order valence-electron chi connectivity index (χ0n) is 11.0. The Hall–Kier alpha value is -1.55. The van der Waals surface area contributed by atoms with Gasteiger partial charge in [-0.05, 0) is 45.4 Å². The van der Waals surface area contributed by atoms with Crippen LogP contribution in [0.2, 0.25) is 5.02 Å². The van der Waals surface area contributed by atoms with E-state index in [1.165, 1.54) is 0 Å². The number of nitrogens with one attached hydrogen (secondary N) is 1. The zero-order chi connectivity index (χ0) is 13.8. The number of benzene rings is 1. The van der Waals surface area contributed by atoms with Gasteiger partial charge in [-0.1, -0.05) is 23.7 Å². The maximum absolute atomic E-state index is 11.4. The van der Waals surface area contributed by atoms with E-state index in [0.717, 1.165) is 5.56 Å². The summed E-state index contributed by atoms with van der Waals surface area (Å²) in [6, 6.07) is 7.24. The molecule has 5 heteroatoms. The van der Waals surface area contributed by atoms with Gasteiger partial charge >= 0.3 is 6.09 Å². The summed E-state index contributed by atoms with van der Waals surface area (Å²) in [6.07, 6.45) is -0.580. The molecule has 1 N–H and O–H groups in total. The zero-order valence-corrected chi connectivity index (χ0v) is 11.7. The van der Waals surface area contributed by atoms with E-state index in [2.05, 4.69) is 10.5 Å². The van der Waals surface area contributed by atoms with Crippen LogP contribution < -0.4 is 5.43 Å². The van der Waals surface area contributed by atoms with Gasteiger partial charge in [0.1, 0.15) is 5.60 Å². The van der Waals surface area contributed by atoms with Crippen LogP contribution in [0.3, 0.4) is 0 Å². The first-order valence-electron chi connectivity index (χ1n) is 5.57. The fraction of sp³-hybridized carbons (Fsp3) is 0.385. The molecule has 0 saturated heterocycles. The maximum Gasteiger partial charge on any atom is 0.428 e. The minimum absolute atomic E-state index is 0.538. The van der Waals surface area contributed by atoms with Crippen molar-refractivity contribution in [3.05, 3.63) is 34.9 Å². The first kappa shape index (κ1) is 14.5. The van der Waals surface area contributed by atoms with Gasteiger partial charge in [0.05, 0.1) is 5.71 Å². The Bertz CT molecular complexity index is 464. The van der Waals surface area contributed by atoms with Crippen LogP contribution in [0, 0.1) is 0 Å². The monoisotopic (exact) mass is 268 g/mol. The number of hydrogen-bond acceptors (Lipinski definition) is 3. The SMILES string of the molecule is CC(=NNC(=O)OC(C)(C)C)c1cccc(Cl)c1. The second-order valence-electron chi connectivity index (χ2n) is 4.82. The number of rotatable bonds is 2. The largest absolute Gasteiger partial charge is 0.443 e. The van der Waals surface area contributed by atoms with E-state index in [1.54, 1.807) is 39.8 Å². The van der Waals surface area contributed by atoms with Gasteiger partial charge in [0.15, 0.2) is 0 Å². The lowest BCUT2D eigenvalue weighted by Crippen LogP contribution is -2.30. The fourth-order valence-electron chi connectivity index (χ4n) is 1.21. The Morgan fingerprint density at radius 3 is 2.61 bits per heavy atom. The molecule has 0 aliphatic rings. The fourth-order valence-corrected chi connectivity index (χ4v) is 1.40. The third-order valence-electron chi connectivity index (χ3n) is 1.96. The summed E-state index contributed by atoms with van der Waals surface area (Å²) >= 11 is 5.87. The molecule has 0 radical (unpaired) electrons. The molecule has 1 aromatic rings. The molecule has 0 atom stereocenters. The van der Waals surface area contributed by atoms with E-state index in [1.807, 2.05) is 12.1 Å². The summed E-state index contributed by atoms with van der Waals surface area (Å²) in [6.45, 7) is 7.16. The van der Waals surface area contributed by atoms with Crippen LogP contribution in [0.15, 0.2) is 29.4 Å². The Kier molecular flexibility index (Phi) is 4.73. The van der Waals surface area contributed by atoms with Crippen molar-refractivity contribution in [2.75, 3.05) is 0 Å². The number of carbonyl (C=O) groups is 1. The van der Waals surface area contributed by atoms with E-state index in [9.17, 15) is 4.79 Å². The van der Waals surface area contributed by atoms with Crippen LogP contribution in [-0.2, 0) is 4.74 Å². The quantitative estimate of drug-likeness (QED) is 0.658. The molecule has 1 rings (SSSR count). The Morgan fingerprint density at radius 1 is 1.39 bits per heavy atom. The highest BCUT2D eigenvalue weighted by Gasteiger charge is 2.15. The van der Waals surface area contributed by atoms with Crippen LogP contribution in [0.5, 0.6) is 0 Å². The maximum atomic E-state index is 11.4. The van der Waals surface area contributed by atoms with E-state index in [-0.39, 0.29) is 0 Å². The number of amides is 1. The summed E-state index contributed by atoms with van der Waals surface area (Å²) < 4.78 is 5.06. The van der Waals surface area contributed by atoms with Crippen molar-refractivity contribution in [1.82, 2.24) is 5.43 Å². The van der Waals surface area contributed by atoms with Crippen LogP contribution in [0.4, 0.5) is 4.79 Å². The van der Waals surface area contributed by atoms with Crippen molar-refractivity contribution >= 4 is 23.4 Å². The molecule has 1 amide bonds. The molecule has 1 aromatic carbocycles. The average Bonchev–Trinajstić information content (AvgIpc) is 2.23. The number of hydrazone groups is 1. The number of nitrogens with zero attached hydrogens (tertiary/aromatic N) is 1. The molecule has 0 fully saturated rings. The highest BCUT2D eigenvalue weighted by Crippen LogP contribution is 2.11. The lowest BCUT2D eigenvalue weighted by atomic mass is 10.1. The summed E-state index contributed by atoms with van der Waals surface area (Å²) in [7, 11) is 0. The van der Waals surface area contributed by atoms with Crippen molar-refractivity contribution in [3.63, 3.8) is 0 Å². The van der Waals surface area contributed by atoms with Crippen LogP contribution in [0.1, 0.15) is 33.3 Å². The summed E-state index contributed by atoms with van der Waals surface area (Å²) in [5, 5.41) is 4.58. The molecule has 0 aliphatic carbocycles. The Labute approximate surface area is 112 Å². The molecule has 0 spiro atoms. The number of carbonyl (C=O) groups excluding carboxylic acids is 1. The molecule has 0 saturated carbocycles. The molecule has 18 heavy (non-hydrogen) atoms. The summed E-state index contributed by atoms with van der Waals surface area (Å²) in [4.78, 5) is 11.4. The summed E-state index contributed by atoms with van der Waals surface area (Å²) in [5.41, 5.74) is 3.30. The molecule has 0 unspecified atom stereocenters. The van der Waals surface area contributed by atoms with Crippen molar-refractivity contribution < 1.29 is 9.53 Å². The first-order chi connectivity index (χ1) is 8.28. The smallest absolute Gasteiger partial charge is 0.428 e. The molecule has 98 valence electrons. The third kappa shape index (κ3) is 5.19. The van der Waals surface area contributed by atoms with E-state index in [4.69, 9.17) is 16.3 Å². The Balaban J connectivity index is 2.65. The minimum atomic E-state index is -0.580. The van der Waals surface area contributed by atoms with Gasteiger partial charge in [0.25, 0.3) is 0 Å². The second kappa shape index (κ2) is 5.87. The predicted octanol–water partition coefficient (Wildman–Crippen LogP) is 3.59. The first-order valence-corrected chi connectivity index (χ1v) is 5.95. The lowest BCUT2D eigenvalue weighted by Gasteiger charge is -2.18. The van der Waals surface area contributed by atoms with Crippen LogP contribution in [0.25, 0.3) is 0 Å². The predicted molar refractivity (Wildman–Crippen MR) is 73.0 cm³/mol. The van der Waals surface area contributed by atoms with E-state index < -0.39 is 11.7 Å². The highest BCUT2D eigenvalue weighted by atomic mass is 35.5. The minimum Gasteiger partial charge on any atom is -0.443 e. The molecular formula is C13H17ClN2O2. The molecular weight excluding hydrogens is 252 g/mol. The van der Waals surface area contributed by atoms with Gasteiger partial charge < -0.3 is 4.74 Å². The van der Waals surface area contributed by atoms with E-state index in [0.29, 0.717) is 10.7 Å². The van der Waals surface area contributed by atoms with Gasteiger partial charge in [0, 0.05) is 5.02 Å². The van der Waals surface area contributed by atoms with Crippen LogP contribution in [-0.4, -0.2) is 17.4 Å². The number of halogens is 1. The normalized spacial score (nSPS) is 12.2. The number of ether oxygens (including phenoxy) is 1. The molecule has 0 aliphatic heterocycles. The molecule has 4 nitrogen and oxygen atoms in total. The van der Waals surface area contributed by atoms with Gasteiger partial charge in [-0.25, -0.2) is 10.2 Å². The van der Waals surface area contributed by atoms with Crippen LogP contribution >= 0.6 is 11.6 Å². The van der Waals surface area contributed by atoms with Gasteiger partial charge in [-0.3, -0.25) is 0 Å². The standard InChI is InChI=1S/C13H17ClN2O2/c1-9(10-6-5-7-11(14)8-10)15-16-12(17)18-13(2,3)4/h5-8H,1-4H3,(H,16,17). The van der Waals surface area contributed by atoms with Crippen molar-refractivity contribution in [3.8, 4) is 0 Å². The molecule has 0 bridgehead atoms. The Morgan fingerprint density at radius 2 is 2.06 bits per heavy atom. The topological polar surface area (TPSA) is 50.7 Å². The van der Waals surface area contributed by atoms with Gasteiger partial charge in [0.2, 0.25) is 0 Å². The lowest BCUT2D eigenvalue weighted by molar-refractivity contribution is 0.0529. The molecule has 0 heterocycles. The van der Waals surface area contributed by atoms with Gasteiger partial charge in [-0.2, -0.15) is 5.10 Å². The van der Waals surface area contributed by atoms with E-state index >= 15 is 0 Å².